The second-order valence-corrected chi connectivity index (χ2v) is 7.88. The molecule has 1 aliphatic carbocycles. The number of aromatic nitrogens is 2. The lowest BCUT2D eigenvalue weighted by atomic mass is 9.73. The van der Waals surface area contributed by atoms with Crippen LogP contribution in [0.3, 0.4) is 0 Å². The molecule has 30 heavy (non-hydrogen) atoms. The summed E-state index contributed by atoms with van der Waals surface area (Å²) in [5, 5.41) is 10.7. The summed E-state index contributed by atoms with van der Waals surface area (Å²) in [4.78, 5) is 38.7. The fourth-order valence-electron chi connectivity index (χ4n) is 4.15. The van der Waals surface area contributed by atoms with Crippen LogP contribution < -0.4 is 5.32 Å². The smallest absolute Gasteiger partial charge is 0.327 e. The fraction of sp³-hybridized carbons (Fsp3) is 0.476. The van der Waals surface area contributed by atoms with Crippen LogP contribution in [0, 0.1) is 5.92 Å². The molecule has 1 saturated heterocycles. The minimum Gasteiger partial charge on any atom is -0.451 e. The first-order valence-electron chi connectivity index (χ1n) is 10.1. The van der Waals surface area contributed by atoms with Crippen LogP contribution in [-0.2, 0) is 14.3 Å². The van der Waals surface area contributed by atoms with Gasteiger partial charge >= 0.3 is 12.0 Å². The van der Waals surface area contributed by atoms with E-state index in [1.807, 2.05) is 37.3 Å². The van der Waals surface area contributed by atoms with E-state index in [-0.39, 0.29) is 17.7 Å². The van der Waals surface area contributed by atoms with Gasteiger partial charge in [0.25, 0.3) is 11.8 Å². The molecule has 2 heterocycles. The zero-order valence-corrected chi connectivity index (χ0v) is 17.0. The average molecular weight is 412 g/mol. The Kier molecular flexibility index (Phi) is 5.27. The summed E-state index contributed by atoms with van der Waals surface area (Å²) in [6, 6.07) is 8.67. The van der Waals surface area contributed by atoms with Crippen molar-refractivity contribution >= 4 is 17.9 Å². The van der Waals surface area contributed by atoms with Crippen LogP contribution in [0.1, 0.15) is 51.5 Å². The lowest BCUT2D eigenvalue weighted by molar-refractivity contribution is -0.153. The Bertz CT molecular complexity index is 959. The number of hydrogen-bond donors (Lipinski definition) is 1. The number of amides is 3. The van der Waals surface area contributed by atoms with Gasteiger partial charge in [0.2, 0.25) is 5.89 Å². The van der Waals surface area contributed by atoms with Crippen molar-refractivity contribution in [3.8, 4) is 11.5 Å². The SMILES string of the molecule is C[C@H](OC(=O)CN1C(=O)N[C@@]2(CCCC[C@H]2C)C1=O)c1nnc(-c2ccccc2)o1. The highest BCUT2D eigenvalue weighted by atomic mass is 16.6. The number of rotatable bonds is 5. The molecular weight excluding hydrogens is 388 g/mol. The maximum absolute atomic E-state index is 12.9. The standard InChI is InChI=1S/C21H24N4O5/c1-13-8-6-7-11-21(13)19(27)25(20(28)22-21)12-16(26)29-14(2)17-23-24-18(30-17)15-9-4-3-5-10-15/h3-5,9-10,13-14H,6-8,11-12H2,1-2H3,(H,22,28)/t13-,14+,21-/m1/s1. The molecule has 3 amide bonds. The van der Waals surface area contributed by atoms with Gasteiger partial charge in [-0.3, -0.25) is 14.5 Å². The summed E-state index contributed by atoms with van der Waals surface area (Å²) < 4.78 is 10.9. The van der Waals surface area contributed by atoms with Gasteiger partial charge in [-0.1, -0.05) is 38.0 Å². The van der Waals surface area contributed by atoms with Crippen molar-refractivity contribution in [2.75, 3.05) is 6.54 Å². The first-order chi connectivity index (χ1) is 14.4. The number of benzene rings is 1. The predicted octanol–water partition coefficient (Wildman–Crippen LogP) is 2.84. The summed E-state index contributed by atoms with van der Waals surface area (Å²) in [7, 11) is 0. The van der Waals surface area contributed by atoms with Gasteiger partial charge in [0, 0.05) is 5.56 Å². The molecule has 3 atom stereocenters. The number of ether oxygens (including phenoxy) is 1. The highest BCUT2D eigenvalue weighted by Gasteiger charge is 2.55. The second-order valence-electron chi connectivity index (χ2n) is 7.88. The molecule has 1 aromatic heterocycles. The van der Waals surface area contributed by atoms with E-state index in [2.05, 4.69) is 15.5 Å². The van der Waals surface area contributed by atoms with E-state index in [1.54, 1.807) is 6.92 Å². The van der Waals surface area contributed by atoms with E-state index < -0.39 is 30.2 Å². The first-order valence-corrected chi connectivity index (χ1v) is 10.1. The molecule has 2 aromatic rings. The molecule has 9 nitrogen and oxygen atoms in total. The maximum Gasteiger partial charge on any atom is 0.327 e. The van der Waals surface area contributed by atoms with Gasteiger partial charge in [-0.05, 0) is 37.8 Å². The monoisotopic (exact) mass is 412 g/mol. The topological polar surface area (TPSA) is 115 Å². The summed E-state index contributed by atoms with van der Waals surface area (Å²) in [5.41, 5.74) is -0.154. The molecule has 4 rings (SSSR count). The largest absolute Gasteiger partial charge is 0.451 e. The molecule has 0 bridgehead atoms. The number of nitrogens with one attached hydrogen (secondary N) is 1. The van der Waals surface area contributed by atoms with E-state index >= 15 is 0 Å². The number of hydrogen-bond acceptors (Lipinski definition) is 7. The molecule has 0 radical (unpaired) electrons. The van der Waals surface area contributed by atoms with Gasteiger partial charge in [-0.25, -0.2) is 4.79 Å². The van der Waals surface area contributed by atoms with E-state index in [4.69, 9.17) is 9.15 Å². The van der Waals surface area contributed by atoms with Crippen molar-refractivity contribution in [3.05, 3.63) is 36.2 Å². The Morgan fingerprint density at radius 2 is 2.07 bits per heavy atom. The quantitative estimate of drug-likeness (QED) is 0.593. The predicted molar refractivity (Wildman–Crippen MR) is 105 cm³/mol. The second kappa shape index (κ2) is 7.89. The van der Waals surface area contributed by atoms with Crippen LogP contribution >= 0.6 is 0 Å². The number of carbonyl (C=O) groups excluding carboxylic acids is 3. The van der Waals surface area contributed by atoms with Crippen LogP contribution in [0.4, 0.5) is 4.79 Å². The van der Waals surface area contributed by atoms with Crippen molar-refractivity contribution in [1.82, 2.24) is 20.4 Å². The van der Waals surface area contributed by atoms with Crippen molar-refractivity contribution in [1.29, 1.82) is 0 Å². The molecule has 1 aromatic carbocycles. The zero-order chi connectivity index (χ0) is 21.3. The summed E-state index contributed by atoms with van der Waals surface area (Å²) in [5.74, 6) is -0.593. The molecule has 1 spiro atoms. The van der Waals surface area contributed by atoms with E-state index in [1.165, 1.54) is 0 Å². The Hall–Kier alpha value is -3.23. The number of urea groups is 1. The van der Waals surface area contributed by atoms with Crippen molar-refractivity contribution in [2.24, 2.45) is 5.92 Å². The summed E-state index contributed by atoms with van der Waals surface area (Å²) in [6.07, 6.45) is 2.53. The lowest BCUT2D eigenvalue weighted by Crippen LogP contribution is -2.54. The molecule has 158 valence electrons. The number of carbonyl (C=O) groups is 3. The van der Waals surface area contributed by atoms with Crippen molar-refractivity contribution in [2.45, 2.75) is 51.2 Å². The first kappa shape index (κ1) is 20.1. The third kappa shape index (κ3) is 3.55. The lowest BCUT2D eigenvalue weighted by Gasteiger charge is -2.36. The van der Waals surface area contributed by atoms with Crippen molar-refractivity contribution in [3.63, 3.8) is 0 Å². The zero-order valence-electron chi connectivity index (χ0n) is 17.0. The molecule has 2 aliphatic rings. The van der Waals surface area contributed by atoms with Crippen LogP contribution in [-0.4, -0.2) is 45.1 Å². The maximum atomic E-state index is 12.9. The van der Waals surface area contributed by atoms with Gasteiger partial charge < -0.3 is 14.5 Å². The highest BCUT2D eigenvalue weighted by Crippen LogP contribution is 2.38. The van der Waals surface area contributed by atoms with Gasteiger partial charge in [0.15, 0.2) is 6.10 Å². The van der Waals surface area contributed by atoms with E-state index in [0.29, 0.717) is 12.3 Å². The minimum atomic E-state index is -0.904. The third-order valence-corrected chi connectivity index (χ3v) is 5.91. The van der Waals surface area contributed by atoms with Gasteiger partial charge in [-0.15, -0.1) is 10.2 Å². The van der Waals surface area contributed by atoms with Crippen molar-refractivity contribution < 1.29 is 23.5 Å². The number of esters is 1. The number of imide groups is 1. The average Bonchev–Trinajstić information content (AvgIpc) is 3.32. The van der Waals surface area contributed by atoms with Gasteiger partial charge in [0.05, 0.1) is 0 Å². The molecule has 1 aliphatic heterocycles. The van der Waals surface area contributed by atoms with E-state index in [9.17, 15) is 14.4 Å². The Balaban J connectivity index is 1.39. The molecule has 1 saturated carbocycles. The summed E-state index contributed by atoms with van der Waals surface area (Å²) in [6.45, 7) is 3.10. The van der Waals surface area contributed by atoms with Gasteiger partial charge in [0.1, 0.15) is 12.1 Å². The Morgan fingerprint density at radius 1 is 1.30 bits per heavy atom. The molecule has 0 unspecified atom stereocenters. The number of nitrogens with zero attached hydrogens (tertiary/aromatic N) is 3. The Morgan fingerprint density at radius 3 is 2.80 bits per heavy atom. The van der Waals surface area contributed by atoms with Crippen LogP contribution in [0.25, 0.3) is 11.5 Å². The van der Waals surface area contributed by atoms with Crippen LogP contribution in [0.2, 0.25) is 0 Å². The molecule has 1 N–H and O–H groups in total. The van der Waals surface area contributed by atoms with Crippen LogP contribution in [0.5, 0.6) is 0 Å². The van der Waals surface area contributed by atoms with E-state index in [0.717, 1.165) is 29.7 Å². The third-order valence-electron chi connectivity index (χ3n) is 5.91. The molecular formula is C21H24N4O5. The summed E-state index contributed by atoms with van der Waals surface area (Å²) >= 11 is 0. The van der Waals surface area contributed by atoms with Crippen LogP contribution in [0.15, 0.2) is 34.7 Å². The minimum absolute atomic E-state index is 0.0254. The Labute approximate surface area is 173 Å². The molecule has 2 fully saturated rings. The van der Waals surface area contributed by atoms with Gasteiger partial charge in [-0.2, -0.15) is 0 Å². The fourth-order valence-corrected chi connectivity index (χ4v) is 4.15. The normalized spacial score (nSPS) is 24.7. The highest BCUT2D eigenvalue weighted by molar-refractivity contribution is 6.09. The molecule has 9 heteroatoms.